The highest BCUT2D eigenvalue weighted by Crippen LogP contribution is 2.45. The first kappa shape index (κ1) is 94.2. The maximum atomic E-state index is 13.1. The van der Waals surface area contributed by atoms with Crippen molar-refractivity contribution in [2.24, 2.45) is 0 Å². The van der Waals surface area contributed by atoms with Gasteiger partial charge in [0.25, 0.3) is 0 Å². The number of aliphatic hydroxyl groups excluding tert-OH is 1. The smallest absolute Gasteiger partial charge is 0.462 e. The fourth-order valence-electron chi connectivity index (χ4n) is 8.84. The molecule has 5 atom stereocenters. The fraction of sp³-hybridized carbons (Fsp3) is 0.580. The van der Waals surface area contributed by atoms with Gasteiger partial charge in [0.2, 0.25) is 0 Å². The van der Waals surface area contributed by atoms with Crippen LogP contribution in [0.3, 0.4) is 0 Å². The van der Waals surface area contributed by atoms with Crippen molar-refractivity contribution < 1.29 is 80.2 Å². The molecule has 17 nitrogen and oxygen atoms in total. The number of hydrogen-bond donors (Lipinski definition) is 3. The summed E-state index contributed by atoms with van der Waals surface area (Å²) >= 11 is 0. The Morgan fingerprint density at radius 3 is 0.960 bits per heavy atom. The average Bonchev–Trinajstić information content (AvgIpc) is 1.06. The molecule has 0 aliphatic heterocycles. The van der Waals surface area contributed by atoms with Crippen molar-refractivity contribution >= 4 is 39.5 Å². The number of unbranched alkanes of at least 4 members (excludes halogenated alkanes) is 12. The Balaban J connectivity index is 5.53. The minimum absolute atomic E-state index is 0.0555. The highest BCUT2D eigenvalue weighted by atomic mass is 31.2. The molecule has 100 heavy (non-hydrogen) atoms. The second kappa shape index (κ2) is 71.6. The number of allylic oxidation sites excluding steroid dienone is 29. The summed E-state index contributed by atoms with van der Waals surface area (Å²) in [5.74, 6) is -2.47. The van der Waals surface area contributed by atoms with E-state index in [1.54, 1.807) is 12.2 Å². The van der Waals surface area contributed by atoms with Crippen LogP contribution in [0.1, 0.15) is 246 Å². The molecule has 0 aromatic rings. The normalized spacial score (nSPS) is 15.0. The molecule has 0 aromatic heterocycles. The number of ether oxygens (including phenoxy) is 4. The minimum atomic E-state index is -5.02. The van der Waals surface area contributed by atoms with Crippen molar-refractivity contribution in [3.63, 3.8) is 0 Å². The number of aliphatic hydroxyl groups is 1. The summed E-state index contributed by atoms with van der Waals surface area (Å²) in [6, 6.07) is 0. The number of rotatable bonds is 67. The molecule has 0 fully saturated rings. The van der Waals surface area contributed by atoms with Crippen LogP contribution in [-0.4, -0.2) is 96.7 Å². The van der Waals surface area contributed by atoms with Gasteiger partial charge in [0, 0.05) is 19.3 Å². The number of hydrogen-bond acceptors (Lipinski definition) is 15. The third-order valence-electron chi connectivity index (χ3n) is 14.4. The largest absolute Gasteiger partial charge is 0.472 e. The monoisotopic (exact) mass is 1430 g/mol. The Bertz CT molecular complexity index is 2620. The maximum absolute atomic E-state index is 13.1. The van der Waals surface area contributed by atoms with Crippen molar-refractivity contribution in [3.8, 4) is 0 Å². The number of phosphoric acid groups is 2. The second-order valence-electron chi connectivity index (χ2n) is 23.8. The van der Waals surface area contributed by atoms with Gasteiger partial charge in [0.05, 0.1) is 32.8 Å². The van der Waals surface area contributed by atoms with E-state index in [0.29, 0.717) is 32.1 Å². The van der Waals surface area contributed by atoms with Gasteiger partial charge in [-0.25, -0.2) is 9.13 Å². The summed E-state index contributed by atoms with van der Waals surface area (Å²) in [6.07, 6.45) is 85.1. The van der Waals surface area contributed by atoms with Crippen LogP contribution in [0.15, 0.2) is 182 Å². The molecule has 19 heteroatoms. The first-order valence-corrected chi connectivity index (χ1v) is 40.0. The topological polar surface area (TPSA) is 237 Å². The summed E-state index contributed by atoms with van der Waals surface area (Å²) in [5.41, 5.74) is 0. The van der Waals surface area contributed by atoms with Gasteiger partial charge in [-0.3, -0.25) is 37.3 Å². The van der Waals surface area contributed by atoms with E-state index in [1.807, 2.05) is 24.3 Å². The number of carbonyl (C=O) groups excluding carboxylic acids is 4. The zero-order valence-corrected chi connectivity index (χ0v) is 63.1. The molecule has 0 saturated heterocycles. The van der Waals surface area contributed by atoms with Gasteiger partial charge in [-0.05, 0) is 154 Å². The minimum Gasteiger partial charge on any atom is -0.462 e. The molecule has 0 radical (unpaired) electrons. The molecule has 0 aromatic carbocycles. The highest BCUT2D eigenvalue weighted by molar-refractivity contribution is 7.47. The second-order valence-corrected chi connectivity index (χ2v) is 26.7. The molecule has 0 spiro atoms. The van der Waals surface area contributed by atoms with E-state index in [9.17, 15) is 43.2 Å². The lowest BCUT2D eigenvalue weighted by Gasteiger charge is -2.21. The Hall–Kier alpha value is -5.84. The van der Waals surface area contributed by atoms with E-state index in [0.717, 1.165) is 135 Å². The van der Waals surface area contributed by atoms with E-state index >= 15 is 0 Å². The molecule has 0 saturated carbocycles. The summed E-state index contributed by atoms with van der Waals surface area (Å²) < 4.78 is 68.1. The third kappa shape index (κ3) is 70.6. The average molecular weight is 1440 g/mol. The molecule has 0 amide bonds. The fourth-order valence-corrected chi connectivity index (χ4v) is 10.4. The quantitative estimate of drug-likeness (QED) is 0.0169. The first-order valence-electron chi connectivity index (χ1n) is 37.0. The van der Waals surface area contributed by atoms with Gasteiger partial charge in [-0.15, -0.1) is 0 Å². The molecule has 3 N–H and O–H groups in total. The Morgan fingerprint density at radius 2 is 0.570 bits per heavy atom. The van der Waals surface area contributed by atoms with Gasteiger partial charge < -0.3 is 33.8 Å². The van der Waals surface area contributed by atoms with Crippen molar-refractivity contribution in [1.29, 1.82) is 0 Å². The SMILES string of the molecule is CC/C=C\C/C=C\C/C=C\C/C=C\C/C=C\CCCC(=O)OCC(COP(=O)(O)OCC(O)COP(=O)(O)OCC(COC(=O)CCCC/C=C\C/C=C\C/C=C\C/C=C\CC)OC(=O)CCCCCCC/C=C\CCCCCC)OC(=O)C/C=C\C/C=C\C/C=C\C/C=C\C/C=C\CC. The van der Waals surface area contributed by atoms with Crippen molar-refractivity contribution in [2.75, 3.05) is 39.6 Å². The number of carbonyl (C=O) groups is 4. The van der Waals surface area contributed by atoms with E-state index in [1.165, 1.54) is 25.7 Å². The zero-order chi connectivity index (χ0) is 73.2. The van der Waals surface area contributed by atoms with Gasteiger partial charge >= 0.3 is 39.5 Å². The predicted octanol–water partition coefficient (Wildman–Crippen LogP) is 21.2. The van der Waals surface area contributed by atoms with Gasteiger partial charge in [0.15, 0.2) is 12.2 Å². The number of esters is 4. The molecular weight excluding hydrogens is 1310 g/mol. The van der Waals surface area contributed by atoms with E-state index in [-0.39, 0.29) is 25.7 Å². The molecule has 0 bridgehead atoms. The standard InChI is InChI=1S/C81H128O17P2/c1-5-9-13-17-21-25-29-33-36-37-40-43-46-50-54-58-62-66-79(84)92-72-77(98-81(86)68-64-60-56-52-48-44-39-35-31-27-23-19-15-11-7-3)74-96-100(89,90)94-70-75(82)69-93-99(87,88)95-73-76(97-80(85)67-63-59-55-51-47-41-32-28-24-20-16-12-8-4)71-91-78(83)65-61-57-53-49-45-42-38-34-30-26-22-18-14-10-6-2/h9-11,13-15,21-23,25-28,32-36,38-40,43,45,48-50,52,54,60,64,75-77,82H,5-8,12,16-20,24,29-31,37,41-42,44,46-47,51,53,55-59,61-63,65-74H2,1-4H3,(H,87,88)(H,89,90)/b13-9-,14-10-,15-11-,25-21-,26-22-,27-23-,32-28-,36-33-,38-34-,39-35-,43-40-,49-45-,52-48-,54-50-,64-60-. The molecule has 0 aliphatic rings. The molecule has 0 heterocycles. The zero-order valence-electron chi connectivity index (χ0n) is 61.3. The Kier molecular flexibility index (Phi) is 67.4. The number of phosphoric ester groups is 2. The summed E-state index contributed by atoms with van der Waals surface area (Å²) in [5, 5.41) is 10.6. The predicted molar refractivity (Wildman–Crippen MR) is 408 cm³/mol. The molecular formula is C81H128O17P2. The summed E-state index contributed by atoms with van der Waals surface area (Å²) in [4.78, 5) is 72.7. The first-order chi connectivity index (χ1) is 48.7. The van der Waals surface area contributed by atoms with Gasteiger partial charge in [-0.1, -0.05) is 249 Å². The summed E-state index contributed by atoms with van der Waals surface area (Å²) in [6.45, 7) is 4.22. The van der Waals surface area contributed by atoms with E-state index in [4.69, 9.17) is 37.0 Å². The van der Waals surface area contributed by atoms with Crippen molar-refractivity contribution in [3.05, 3.63) is 182 Å². The van der Waals surface area contributed by atoms with E-state index in [2.05, 4.69) is 174 Å². The van der Waals surface area contributed by atoms with Crippen LogP contribution in [0.5, 0.6) is 0 Å². The molecule has 5 unspecified atom stereocenters. The van der Waals surface area contributed by atoms with Crippen LogP contribution in [0.2, 0.25) is 0 Å². The van der Waals surface area contributed by atoms with Crippen LogP contribution >= 0.6 is 15.6 Å². The van der Waals surface area contributed by atoms with Crippen LogP contribution in [0.25, 0.3) is 0 Å². The molecule has 0 aliphatic carbocycles. The van der Waals surface area contributed by atoms with Crippen LogP contribution < -0.4 is 0 Å². The Labute approximate surface area is 603 Å². The van der Waals surface area contributed by atoms with Crippen LogP contribution in [0, 0.1) is 0 Å². The van der Waals surface area contributed by atoms with Crippen molar-refractivity contribution in [2.45, 2.75) is 264 Å². The molecule has 564 valence electrons. The van der Waals surface area contributed by atoms with Crippen LogP contribution in [-0.2, 0) is 65.4 Å². The third-order valence-corrected chi connectivity index (χ3v) is 16.3. The molecule has 0 rings (SSSR count). The maximum Gasteiger partial charge on any atom is 0.472 e. The van der Waals surface area contributed by atoms with Gasteiger partial charge in [0.1, 0.15) is 19.3 Å². The van der Waals surface area contributed by atoms with E-state index < -0.39 is 97.5 Å². The lowest BCUT2D eigenvalue weighted by Crippen LogP contribution is -2.30. The van der Waals surface area contributed by atoms with Gasteiger partial charge in [-0.2, -0.15) is 0 Å². The lowest BCUT2D eigenvalue weighted by molar-refractivity contribution is -0.161. The highest BCUT2D eigenvalue weighted by Gasteiger charge is 2.30. The Morgan fingerprint density at radius 1 is 0.300 bits per heavy atom. The van der Waals surface area contributed by atoms with Crippen molar-refractivity contribution in [1.82, 2.24) is 0 Å². The van der Waals surface area contributed by atoms with Crippen LogP contribution in [0.4, 0.5) is 0 Å². The summed E-state index contributed by atoms with van der Waals surface area (Å²) in [7, 11) is -10.0. The lowest BCUT2D eigenvalue weighted by atomic mass is 10.1.